The average molecular weight is 458 g/mol. The van der Waals surface area contributed by atoms with Crippen LogP contribution in [0.25, 0.3) is 10.9 Å². The number of hydrogen-bond donors (Lipinski definition) is 2. The first-order valence-corrected chi connectivity index (χ1v) is 8.50. The molecule has 2 heterocycles. The smallest absolute Gasteiger partial charge is 0.194 e. The Hall–Kier alpha value is -1.31. The van der Waals surface area contributed by atoms with Crippen LogP contribution in [0.4, 0.5) is 4.39 Å². The zero-order chi connectivity index (χ0) is 17.5. The van der Waals surface area contributed by atoms with Gasteiger partial charge in [-0.25, -0.2) is 4.39 Å². The van der Waals surface area contributed by atoms with Gasteiger partial charge in [0.15, 0.2) is 5.96 Å². The third-order valence-corrected chi connectivity index (χ3v) is 5.76. The average Bonchev–Trinajstić information content (AvgIpc) is 2.92. The van der Waals surface area contributed by atoms with E-state index in [0.717, 1.165) is 41.9 Å². The summed E-state index contributed by atoms with van der Waals surface area (Å²) >= 11 is 0. The predicted octanol–water partition coefficient (Wildman–Crippen LogP) is 4.16. The highest BCUT2D eigenvalue weighted by Gasteiger charge is 2.53. The molecule has 0 spiro atoms. The fraction of sp³-hybridized carbons (Fsp3) is 0.526. The van der Waals surface area contributed by atoms with Crippen molar-refractivity contribution in [3.8, 4) is 0 Å². The monoisotopic (exact) mass is 458 g/mol. The van der Waals surface area contributed by atoms with Crippen LogP contribution in [0.1, 0.15) is 33.3 Å². The van der Waals surface area contributed by atoms with E-state index in [4.69, 9.17) is 0 Å². The normalized spacial score (nSPS) is 18.6. The summed E-state index contributed by atoms with van der Waals surface area (Å²) in [5, 5.41) is 4.41. The van der Waals surface area contributed by atoms with Crippen LogP contribution in [0.5, 0.6) is 0 Å². The Kier molecular flexibility index (Phi) is 5.71. The maximum absolute atomic E-state index is 13.5. The largest absolute Gasteiger partial charge is 0.361 e. The molecule has 1 fully saturated rings. The Morgan fingerprint density at radius 3 is 2.64 bits per heavy atom. The number of benzene rings is 1. The Balaban J connectivity index is 0.00000225. The predicted molar refractivity (Wildman–Crippen MR) is 113 cm³/mol. The van der Waals surface area contributed by atoms with Crippen LogP contribution in [-0.2, 0) is 6.42 Å². The number of nitrogens with one attached hydrogen (secondary N) is 2. The number of H-pyrrole nitrogens is 1. The van der Waals surface area contributed by atoms with E-state index in [1.807, 2.05) is 13.2 Å². The molecule has 0 radical (unpaired) electrons. The van der Waals surface area contributed by atoms with Crippen molar-refractivity contribution in [3.05, 3.63) is 35.8 Å². The van der Waals surface area contributed by atoms with E-state index in [1.165, 1.54) is 6.07 Å². The first kappa shape index (κ1) is 20.0. The first-order chi connectivity index (χ1) is 11.3. The highest BCUT2D eigenvalue weighted by atomic mass is 127. The van der Waals surface area contributed by atoms with Crippen molar-refractivity contribution < 1.29 is 4.39 Å². The molecule has 3 rings (SSSR count). The van der Waals surface area contributed by atoms with Crippen molar-refractivity contribution in [1.82, 2.24) is 15.2 Å². The molecule has 0 aliphatic carbocycles. The topological polar surface area (TPSA) is 43.4 Å². The molecule has 1 aromatic carbocycles. The van der Waals surface area contributed by atoms with E-state index >= 15 is 0 Å². The van der Waals surface area contributed by atoms with Gasteiger partial charge in [0.25, 0.3) is 0 Å². The molecular formula is C19H28FIN4. The fourth-order valence-electron chi connectivity index (χ4n) is 3.36. The Labute approximate surface area is 166 Å². The molecule has 0 unspecified atom stereocenters. The van der Waals surface area contributed by atoms with Crippen LogP contribution in [0, 0.1) is 11.2 Å². The number of nitrogens with zero attached hydrogens (tertiary/aromatic N) is 2. The van der Waals surface area contributed by atoms with Gasteiger partial charge in [-0.2, -0.15) is 0 Å². The SMILES string of the molecule is CN=C(NCCc1c[nH]c2ccc(F)cc12)N1CC(C)(C)C1(C)C.I. The van der Waals surface area contributed by atoms with Gasteiger partial charge >= 0.3 is 0 Å². The first-order valence-electron chi connectivity index (χ1n) is 8.50. The van der Waals surface area contributed by atoms with Crippen LogP contribution in [0.15, 0.2) is 29.4 Å². The van der Waals surface area contributed by atoms with Gasteiger partial charge in [-0.3, -0.25) is 4.99 Å². The van der Waals surface area contributed by atoms with Crippen LogP contribution in [0.2, 0.25) is 0 Å². The summed E-state index contributed by atoms with van der Waals surface area (Å²) in [6.07, 6.45) is 2.78. The van der Waals surface area contributed by atoms with Crippen molar-refractivity contribution >= 4 is 40.8 Å². The fourth-order valence-corrected chi connectivity index (χ4v) is 3.36. The van der Waals surface area contributed by atoms with E-state index in [1.54, 1.807) is 12.1 Å². The lowest BCUT2D eigenvalue weighted by Crippen LogP contribution is -2.72. The molecule has 2 aromatic rings. The van der Waals surface area contributed by atoms with E-state index < -0.39 is 0 Å². The highest BCUT2D eigenvalue weighted by Crippen LogP contribution is 2.46. The molecule has 6 heteroatoms. The number of aliphatic imine (C=N–C) groups is 1. The van der Waals surface area contributed by atoms with E-state index in [9.17, 15) is 4.39 Å². The number of fused-ring (bicyclic) bond motifs is 1. The van der Waals surface area contributed by atoms with Crippen molar-refractivity contribution in [2.24, 2.45) is 10.4 Å². The van der Waals surface area contributed by atoms with Crippen molar-refractivity contribution in [2.45, 2.75) is 39.7 Å². The minimum absolute atomic E-state index is 0. The van der Waals surface area contributed by atoms with Gasteiger partial charge in [-0.15, -0.1) is 24.0 Å². The second-order valence-corrected chi connectivity index (χ2v) is 7.76. The Morgan fingerprint density at radius 2 is 2.04 bits per heavy atom. The lowest BCUT2D eigenvalue weighted by atomic mass is 9.65. The van der Waals surface area contributed by atoms with Crippen LogP contribution >= 0.6 is 24.0 Å². The summed E-state index contributed by atoms with van der Waals surface area (Å²) in [5.41, 5.74) is 2.45. The minimum Gasteiger partial charge on any atom is -0.361 e. The maximum atomic E-state index is 13.5. The van der Waals surface area contributed by atoms with Gasteiger partial charge in [0.1, 0.15) is 5.82 Å². The van der Waals surface area contributed by atoms with Gasteiger partial charge < -0.3 is 15.2 Å². The molecule has 25 heavy (non-hydrogen) atoms. The molecule has 0 atom stereocenters. The zero-order valence-electron chi connectivity index (χ0n) is 15.6. The van der Waals surface area contributed by atoms with E-state index in [0.29, 0.717) is 0 Å². The standard InChI is InChI=1S/C19H27FN4.HI/c1-18(2)12-24(19(18,3)4)17(21-5)22-9-8-13-11-23-16-7-6-14(20)10-15(13)16;/h6-7,10-11,23H,8-9,12H2,1-5H3,(H,21,22);1H. The highest BCUT2D eigenvalue weighted by molar-refractivity contribution is 14.0. The van der Waals surface area contributed by atoms with Gasteiger partial charge in [-0.1, -0.05) is 13.8 Å². The van der Waals surface area contributed by atoms with Crippen molar-refractivity contribution in [1.29, 1.82) is 0 Å². The quantitative estimate of drug-likeness (QED) is 0.412. The lowest BCUT2D eigenvalue weighted by molar-refractivity contribution is -0.0666. The van der Waals surface area contributed by atoms with E-state index in [-0.39, 0.29) is 40.7 Å². The molecule has 2 N–H and O–H groups in total. The molecule has 0 saturated carbocycles. The van der Waals surface area contributed by atoms with Crippen LogP contribution in [-0.4, -0.2) is 41.5 Å². The lowest BCUT2D eigenvalue weighted by Gasteiger charge is -2.62. The Bertz CT molecular complexity index is 779. The van der Waals surface area contributed by atoms with Crippen LogP contribution in [0.3, 0.4) is 0 Å². The maximum Gasteiger partial charge on any atom is 0.194 e. The van der Waals surface area contributed by atoms with Crippen LogP contribution < -0.4 is 5.32 Å². The van der Waals surface area contributed by atoms with Crippen molar-refractivity contribution in [2.75, 3.05) is 20.1 Å². The second-order valence-electron chi connectivity index (χ2n) is 7.76. The molecule has 1 aromatic heterocycles. The number of aromatic nitrogens is 1. The third-order valence-electron chi connectivity index (χ3n) is 5.76. The summed E-state index contributed by atoms with van der Waals surface area (Å²) < 4.78 is 13.5. The number of rotatable bonds is 3. The number of halogens is 2. The van der Waals surface area contributed by atoms with Gasteiger partial charge in [-0.05, 0) is 44.0 Å². The minimum atomic E-state index is -0.198. The molecule has 4 nitrogen and oxygen atoms in total. The number of hydrogen-bond acceptors (Lipinski definition) is 1. The summed E-state index contributed by atoms with van der Waals surface area (Å²) in [6.45, 7) is 10.9. The molecule has 0 bridgehead atoms. The second kappa shape index (κ2) is 7.13. The summed E-state index contributed by atoms with van der Waals surface area (Å²) in [5.74, 6) is 0.738. The molecule has 0 amide bonds. The van der Waals surface area contributed by atoms with Crippen molar-refractivity contribution in [3.63, 3.8) is 0 Å². The third kappa shape index (κ3) is 3.50. The zero-order valence-corrected chi connectivity index (χ0v) is 17.9. The molecule has 1 aliphatic heterocycles. The number of aromatic amines is 1. The molecular weight excluding hydrogens is 430 g/mol. The summed E-state index contributed by atoms with van der Waals surface area (Å²) in [6, 6.07) is 4.86. The molecule has 138 valence electrons. The number of likely N-dealkylation sites (tertiary alicyclic amines) is 1. The summed E-state index contributed by atoms with van der Waals surface area (Å²) in [7, 11) is 1.82. The van der Waals surface area contributed by atoms with Gasteiger partial charge in [0, 0.05) is 48.2 Å². The number of guanidine groups is 1. The summed E-state index contributed by atoms with van der Waals surface area (Å²) in [4.78, 5) is 9.95. The van der Waals surface area contributed by atoms with Gasteiger partial charge in [0.05, 0.1) is 0 Å². The molecule has 1 saturated heterocycles. The van der Waals surface area contributed by atoms with Gasteiger partial charge in [0.2, 0.25) is 0 Å². The molecule has 1 aliphatic rings. The van der Waals surface area contributed by atoms with E-state index in [2.05, 4.69) is 47.9 Å². The Morgan fingerprint density at radius 1 is 1.32 bits per heavy atom.